The van der Waals surface area contributed by atoms with Gasteiger partial charge in [-0.15, -0.1) is 0 Å². The Morgan fingerprint density at radius 1 is 1.14 bits per heavy atom. The molecule has 120 valence electrons. The maximum atomic E-state index is 12.4. The summed E-state index contributed by atoms with van der Waals surface area (Å²) in [6, 6.07) is 0. The molecule has 3 rings (SSSR count). The monoisotopic (exact) mass is 303 g/mol. The molecular formula is C17H25N3O2. The SMILES string of the molecule is O=Cc1[nH]c(C(=O)NCCCN2CCCC2)c2c1CCCC2. The van der Waals surface area contributed by atoms with E-state index >= 15 is 0 Å². The summed E-state index contributed by atoms with van der Waals surface area (Å²) in [6.45, 7) is 4.14. The van der Waals surface area contributed by atoms with Crippen LogP contribution >= 0.6 is 0 Å². The van der Waals surface area contributed by atoms with E-state index in [1.165, 1.54) is 25.9 Å². The Morgan fingerprint density at radius 2 is 1.86 bits per heavy atom. The average Bonchev–Trinajstić information content (AvgIpc) is 3.18. The van der Waals surface area contributed by atoms with Crippen LogP contribution in [0.5, 0.6) is 0 Å². The van der Waals surface area contributed by atoms with Gasteiger partial charge in [-0.2, -0.15) is 0 Å². The van der Waals surface area contributed by atoms with Crippen molar-refractivity contribution in [3.05, 3.63) is 22.5 Å². The number of H-pyrrole nitrogens is 1. The Hall–Kier alpha value is -1.62. The van der Waals surface area contributed by atoms with Crippen LogP contribution in [0, 0.1) is 0 Å². The van der Waals surface area contributed by atoms with Crippen LogP contribution in [0.25, 0.3) is 0 Å². The minimum absolute atomic E-state index is 0.0623. The number of carbonyl (C=O) groups excluding carboxylic acids is 2. The van der Waals surface area contributed by atoms with E-state index in [0.29, 0.717) is 17.9 Å². The van der Waals surface area contributed by atoms with Crippen molar-refractivity contribution in [3.8, 4) is 0 Å². The lowest BCUT2D eigenvalue weighted by Crippen LogP contribution is -2.29. The minimum atomic E-state index is -0.0623. The first-order valence-corrected chi connectivity index (χ1v) is 8.49. The number of rotatable bonds is 6. The summed E-state index contributed by atoms with van der Waals surface area (Å²) in [4.78, 5) is 29.0. The number of likely N-dealkylation sites (tertiary alicyclic amines) is 1. The maximum Gasteiger partial charge on any atom is 0.268 e. The molecule has 1 aromatic rings. The van der Waals surface area contributed by atoms with Crippen LogP contribution in [0.15, 0.2) is 0 Å². The summed E-state index contributed by atoms with van der Waals surface area (Å²) in [5.41, 5.74) is 3.32. The highest BCUT2D eigenvalue weighted by Gasteiger charge is 2.23. The first-order valence-electron chi connectivity index (χ1n) is 8.49. The molecule has 2 N–H and O–H groups in total. The molecule has 0 saturated carbocycles. The first-order chi connectivity index (χ1) is 10.8. The molecule has 1 fully saturated rings. The van der Waals surface area contributed by atoms with Gasteiger partial charge < -0.3 is 15.2 Å². The van der Waals surface area contributed by atoms with Crippen molar-refractivity contribution in [2.45, 2.75) is 44.9 Å². The zero-order valence-corrected chi connectivity index (χ0v) is 13.1. The van der Waals surface area contributed by atoms with Crippen LogP contribution in [0.2, 0.25) is 0 Å². The molecule has 1 saturated heterocycles. The number of amides is 1. The topological polar surface area (TPSA) is 65.2 Å². The van der Waals surface area contributed by atoms with E-state index in [-0.39, 0.29) is 5.91 Å². The Kier molecular flexibility index (Phi) is 4.93. The number of hydrogen-bond donors (Lipinski definition) is 2. The molecule has 1 amide bonds. The summed E-state index contributed by atoms with van der Waals surface area (Å²) < 4.78 is 0. The largest absolute Gasteiger partial charge is 0.351 e. The molecule has 1 aliphatic heterocycles. The third kappa shape index (κ3) is 3.24. The zero-order chi connectivity index (χ0) is 15.4. The molecule has 22 heavy (non-hydrogen) atoms. The fourth-order valence-electron chi connectivity index (χ4n) is 3.66. The zero-order valence-electron chi connectivity index (χ0n) is 13.1. The van der Waals surface area contributed by atoms with Crippen LogP contribution in [0.1, 0.15) is 64.2 Å². The number of aldehydes is 1. The lowest BCUT2D eigenvalue weighted by Gasteiger charge is -2.15. The molecule has 2 aliphatic rings. The van der Waals surface area contributed by atoms with Crippen LogP contribution in [-0.4, -0.2) is 48.3 Å². The third-order valence-corrected chi connectivity index (χ3v) is 4.83. The number of fused-ring (bicyclic) bond motifs is 1. The van der Waals surface area contributed by atoms with E-state index in [1.54, 1.807) is 0 Å². The van der Waals surface area contributed by atoms with Crippen molar-refractivity contribution in [2.24, 2.45) is 0 Å². The molecule has 0 aromatic carbocycles. The lowest BCUT2D eigenvalue weighted by atomic mass is 9.92. The fraction of sp³-hybridized carbons (Fsp3) is 0.647. The smallest absolute Gasteiger partial charge is 0.268 e. The molecule has 0 radical (unpaired) electrons. The Balaban J connectivity index is 1.55. The Morgan fingerprint density at radius 3 is 2.59 bits per heavy atom. The van der Waals surface area contributed by atoms with E-state index in [4.69, 9.17) is 0 Å². The van der Waals surface area contributed by atoms with Gasteiger partial charge in [0.15, 0.2) is 6.29 Å². The highest BCUT2D eigenvalue weighted by atomic mass is 16.2. The summed E-state index contributed by atoms with van der Waals surface area (Å²) >= 11 is 0. The number of nitrogens with zero attached hydrogens (tertiary/aromatic N) is 1. The maximum absolute atomic E-state index is 12.4. The molecule has 0 spiro atoms. The number of hydrogen-bond acceptors (Lipinski definition) is 3. The van der Waals surface area contributed by atoms with E-state index < -0.39 is 0 Å². The standard InChI is InChI=1S/C17H25N3O2/c21-12-15-13-6-1-2-7-14(13)16(19-15)17(22)18-8-5-11-20-9-3-4-10-20/h12,19H,1-11H2,(H,18,22). The van der Waals surface area contributed by atoms with Crippen LogP contribution in [0.4, 0.5) is 0 Å². The summed E-state index contributed by atoms with van der Waals surface area (Å²) in [5.74, 6) is -0.0623. The van der Waals surface area contributed by atoms with Gasteiger partial charge in [0.25, 0.3) is 5.91 Å². The normalized spacial score (nSPS) is 18.2. The van der Waals surface area contributed by atoms with Gasteiger partial charge in [0, 0.05) is 6.54 Å². The first kappa shape index (κ1) is 15.3. The molecule has 5 nitrogen and oxygen atoms in total. The second-order valence-corrected chi connectivity index (χ2v) is 6.35. The Bertz CT molecular complexity index is 544. The number of carbonyl (C=O) groups is 2. The second kappa shape index (κ2) is 7.09. The second-order valence-electron chi connectivity index (χ2n) is 6.35. The molecule has 1 aliphatic carbocycles. The molecule has 0 unspecified atom stereocenters. The molecule has 0 atom stereocenters. The number of aromatic amines is 1. The Labute approximate surface area is 131 Å². The van der Waals surface area contributed by atoms with Gasteiger partial charge >= 0.3 is 0 Å². The predicted octanol–water partition coefficient (Wildman–Crippen LogP) is 1.92. The van der Waals surface area contributed by atoms with Crippen LogP contribution in [-0.2, 0) is 12.8 Å². The van der Waals surface area contributed by atoms with Gasteiger partial charge in [0.2, 0.25) is 0 Å². The van der Waals surface area contributed by atoms with Crippen molar-refractivity contribution in [1.82, 2.24) is 15.2 Å². The fourth-order valence-corrected chi connectivity index (χ4v) is 3.66. The minimum Gasteiger partial charge on any atom is -0.351 e. The van der Waals surface area contributed by atoms with Crippen molar-refractivity contribution in [1.29, 1.82) is 0 Å². The van der Waals surface area contributed by atoms with E-state index in [1.807, 2.05) is 0 Å². The van der Waals surface area contributed by atoms with Gasteiger partial charge in [-0.05, 0) is 75.7 Å². The summed E-state index contributed by atoms with van der Waals surface area (Å²) in [7, 11) is 0. The highest BCUT2D eigenvalue weighted by Crippen LogP contribution is 2.27. The molecule has 1 aromatic heterocycles. The van der Waals surface area contributed by atoms with E-state index in [2.05, 4.69) is 15.2 Å². The van der Waals surface area contributed by atoms with Crippen LogP contribution in [0.3, 0.4) is 0 Å². The van der Waals surface area contributed by atoms with Gasteiger partial charge in [0.05, 0.1) is 5.69 Å². The summed E-state index contributed by atoms with van der Waals surface area (Å²) in [6.07, 6.45) is 8.42. The average molecular weight is 303 g/mol. The number of nitrogens with one attached hydrogen (secondary N) is 2. The number of aromatic nitrogens is 1. The highest BCUT2D eigenvalue weighted by molar-refractivity contribution is 5.96. The van der Waals surface area contributed by atoms with Gasteiger partial charge in [-0.25, -0.2) is 0 Å². The third-order valence-electron chi connectivity index (χ3n) is 4.83. The molecule has 5 heteroatoms. The molecule has 0 bridgehead atoms. The van der Waals surface area contributed by atoms with Crippen molar-refractivity contribution in [3.63, 3.8) is 0 Å². The van der Waals surface area contributed by atoms with Crippen LogP contribution < -0.4 is 5.32 Å². The van der Waals surface area contributed by atoms with Gasteiger partial charge in [-0.3, -0.25) is 9.59 Å². The van der Waals surface area contributed by atoms with Crippen molar-refractivity contribution < 1.29 is 9.59 Å². The van der Waals surface area contributed by atoms with Crippen molar-refractivity contribution >= 4 is 12.2 Å². The van der Waals surface area contributed by atoms with Crippen molar-refractivity contribution in [2.75, 3.05) is 26.2 Å². The molecule has 2 heterocycles. The van der Waals surface area contributed by atoms with Gasteiger partial charge in [0.1, 0.15) is 5.69 Å². The predicted molar refractivity (Wildman–Crippen MR) is 85.4 cm³/mol. The molecular weight excluding hydrogens is 278 g/mol. The van der Waals surface area contributed by atoms with E-state index in [9.17, 15) is 9.59 Å². The lowest BCUT2D eigenvalue weighted by molar-refractivity contribution is 0.0946. The quantitative estimate of drug-likeness (QED) is 0.623. The van der Waals surface area contributed by atoms with E-state index in [0.717, 1.165) is 56.1 Å². The summed E-state index contributed by atoms with van der Waals surface area (Å²) in [5, 5.41) is 3.00. The van der Waals surface area contributed by atoms with Gasteiger partial charge in [-0.1, -0.05) is 0 Å².